The van der Waals surface area contributed by atoms with Gasteiger partial charge in [0.05, 0.1) is 4.88 Å². The molecule has 0 spiro atoms. The van der Waals surface area contributed by atoms with E-state index >= 15 is 0 Å². The molecule has 0 radical (unpaired) electrons. The van der Waals surface area contributed by atoms with E-state index in [2.05, 4.69) is 4.90 Å². The second-order valence-corrected chi connectivity index (χ2v) is 6.54. The van der Waals surface area contributed by atoms with Gasteiger partial charge in [0.25, 0.3) is 5.91 Å². The molecule has 0 aliphatic carbocycles. The minimum atomic E-state index is 0.178. The standard InChI is InChI=1S/C15H24N2O2S/c1-12-10-14(20-11-12)15(18)17(7-6-16(2)3)13-4-8-19-9-5-13/h10-11,13H,4-9H2,1-3H3. The van der Waals surface area contributed by atoms with Crippen LogP contribution in [-0.2, 0) is 4.74 Å². The smallest absolute Gasteiger partial charge is 0.264 e. The van der Waals surface area contributed by atoms with E-state index in [0.717, 1.165) is 49.6 Å². The summed E-state index contributed by atoms with van der Waals surface area (Å²) in [4.78, 5) is 17.8. The summed E-state index contributed by atoms with van der Waals surface area (Å²) in [6.45, 7) is 5.24. The van der Waals surface area contributed by atoms with Crippen molar-refractivity contribution in [2.45, 2.75) is 25.8 Å². The summed E-state index contributed by atoms with van der Waals surface area (Å²) < 4.78 is 5.42. The lowest BCUT2D eigenvalue weighted by Gasteiger charge is -2.34. The maximum atomic E-state index is 12.7. The van der Waals surface area contributed by atoms with E-state index in [1.807, 2.05) is 37.4 Å². The SMILES string of the molecule is Cc1csc(C(=O)N(CCN(C)C)C2CCOCC2)c1. The summed E-state index contributed by atoms with van der Waals surface area (Å²) in [5, 5.41) is 2.04. The molecule has 20 heavy (non-hydrogen) atoms. The molecule has 1 amide bonds. The van der Waals surface area contributed by atoms with Crippen molar-refractivity contribution < 1.29 is 9.53 Å². The van der Waals surface area contributed by atoms with E-state index in [0.29, 0.717) is 6.04 Å². The number of likely N-dealkylation sites (N-methyl/N-ethyl adjacent to an activating group) is 1. The van der Waals surface area contributed by atoms with Crippen molar-refractivity contribution in [2.24, 2.45) is 0 Å². The van der Waals surface area contributed by atoms with E-state index in [9.17, 15) is 4.79 Å². The van der Waals surface area contributed by atoms with Crippen LogP contribution in [0.1, 0.15) is 28.1 Å². The topological polar surface area (TPSA) is 32.8 Å². The summed E-state index contributed by atoms with van der Waals surface area (Å²) in [5.41, 5.74) is 1.16. The molecule has 1 aliphatic heterocycles. The molecule has 4 nitrogen and oxygen atoms in total. The highest BCUT2D eigenvalue weighted by Gasteiger charge is 2.27. The lowest BCUT2D eigenvalue weighted by molar-refractivity contribution is 0.0279. The summed E-state index contributed by atoms with van der Waals surface area (Å²) in [6, 6.07) is 2.31. The van der Waals surface area contributed by atoms with Gasteiger partial charge in [-0.25, -0.2) is 0 Å². The lowest BCUT2D eigenvalue weighted by Crippen LogP contribution is -2.46. The predicted octanol–water partition coefficient (Wildman–Crippen LogP) is 2.24. The number of hydrogen-bond acceptors (Lipinski definition) is 4. The number of hydrogen-bond donors (Lipinski definition) is 0. The first-order valence-corrected chi connectivity index (χ1v) is 8.04. The zero-order valence-corrected chi connectivity index (χ0v) is 13.4. The number of carbonyl (C=O) groups is 1. The fraction of sp³-hybridized carbons (Fsp3) is 0.667. The van der Waals surface area contributed by atoms with E-state index in [1.165, 1.54) is 0 Å². The van der Waals surface area contributed by atoms with Crippen LogP contribution in [0.5, 0.6) is 0 Å². The molecule has 0 aromatic carbocycles. The number of ether oxygens (including phenoxy) is 1. The molecular formula is C15H24N2O2S. The van der Waals surface area contributed by atoms with Crippen LogP contribution in [0.4, 0.5) is 0 Å². The molecule has 0 N–H and O–H groups in total. The Morgan fingerprint density at radius 3 is 2.60 bits per heavy atom. The monoisotopic (exact) mass is 296 g/mol. The molecule has 0 unspecified atom stereocenters. The van der Waals surface area contributed by atoms with Gasteiger partial charge in [-0.2, -0.15) is 0 Å². The van der Waals surface area contributed by atoms with Crippen LogP contribution in [0.15, 0.2) is 11.4 Å². The molecule has 0 atom stereocenters. The van der Waals surface area contributed by atoms with E-state index in [4.69, 9.17) is 4.74 Å². The van der Waals surface area contributed by atoms with Gasteiger partial charge in [0, 0.05) is 32.3 Å². The van der Waals surface area contributed by atoms with Crippen LogP contribution >= 0.6 is 11.3 Å². The summed E-state index contributed by atoms with van der Waals surface area (Å²) in [5.74, 6) is 0.178. The lowest BCUT2D eigenvalue weighted by atomic mass is 10.1. The molecule has 5 heteroatoms. The summed E-state index contributed by atoms with van der Waals surface area (Å²) >= 11 is 1.55. The van der Waals surface area contributed by atoms with Crippen molar-refractivity contribution in [3.8, 4) is 0 Å². The third-order valence-corrected chi connectivity index (χ3v) is 4.66. The summed E-state index contributed by atoms with van der Waals surface area (Å²) in [7, 11) is 4.09. The van der Waals surface area contributed by atoms with Crippen molar-refractivity contribution in [1.82, 2.24) is 9.80 Å². The Kier molecular flexibility index (Phi) is 5.57. The fourth-order valence-electron chi connectivity index (χ4n) is 2.44. The number of carbonyl (C=O) groups excluding carboxylic acids is 1. The zero-order chi connectivity index (χ0) is 14.5. The predicted molar refractivity (Wildman–Crippen MR) is 82.5 cm³/mol. The van der Waals surface area contributed by atoms with Crippen molar-refractivity contribution in [3.05, 3.63) is 21.9 Å². The van der Waals surface area contributed by atoms with Crippen molar-refractivity contribution in [1.29, 1.82) is 0 Å². The Morgan fingerprint density at radius 2 is 2.05 bits per heavy atom. The molecule has 0 bridgehead atoms. The molecule has 2 heterocycles. The highest BCUT2D eigenvalue weighted by molar-refractivity contribution is 7.12. The number of nitrogens with zero attached hydrogens (tertiary/aromatic N) is 2. The van der Waals surface area contributed by atoms with Crippen molar-refractivity contribution in [3.63, 3.8) is 0 Å². The van der Waals surface area contributed by atoms with Crippen molar-refractivity contribution in [2.75, 3.05) is 40.4 Å². The molecule has 1 aromatic heterocycles. The Balaban J connectivity index is 2.09. The molecule has 2 rings (SSSR count). The Morgan fingerprint density at radius 1 is 1.35 bits per heavy atom. The maximum absolute atomic E-state index is 12.7. The third-order valence-electron chi connectivity index (χ3n) is 3.62. The Bertz CT molecular complexity index is 439. The van der Waals surface area contributed by atoms with E-state index < -0.39 is 0 Å². The second-order valence-electron chi connectivity index (χ2n) is 5.63. The van der Waals surface area contributed by atoms with Crippen LogP contribution < -0.4 is 0 Å². The molecular weight excluding hydrogens is 272 g/mol. The van der Waals surface area contributed by atoms with Gasteiger partial charge in [-0.05, 0) is 50.9 Å². The molecule has 112 valence electrons. The minimum Gasteiger partial charge on any atom is -0.381 e. The van der Waals surface area contributed by atoms with Gasteiger partial charge in [-0.3, -0.25) is 4.79 Å². The van der Waals surface area contributed by atoms with Gasteiger partial charge in [0.15, 0.2) is 0 Å². The molecule has 1 aliphatic rings. The van der Waals surface area contributed by atoms with Crippen LogP contribution in [0, 0.1) is 6.92 Å². The maximum Gasteiger partial charge on any atom is 0.264 e. The second kappa shape index (κ2) is 7.20. The van der Waals surface area contributed by atoms with Gasteiger partial charge >= 0.3 is 0 Å². The van der Waals surface area contributed by atoms with Crippen molar-refractivity contribution >= 4 is 17.2 Å². The fourth-order valence-corrected chi connectivity index (χ4v) is 3.29. The van der Waals surface area contributed by atoms with Gasteiger partial charge < -0.3 is 14.5 Å². The highest BCUT2D eigenvalue weighted by Crippen LogP contribution is 2.21. The first-order valence-electron chi connectivity index (χ1n) is 7.16. The summed E-state index contributed by atoms with van der Waals surface area (Å²) in [6.07, 6.45) is 1.90. The van der Waals surface area contributed by atoms with Crippen LogP contribution in [0.2, 0.25) is 0 Å². The van der Waals surface area contributed by atoms with Gasteiger partial charge in [0.1, 0.15) is 0 Å². The van der Waals surface area contributed by atoms with Gasteiger partial charge in [-0.15, -0.1) is 11.3 Å². The van der Waals surface area contributed by atoms with E-state index in [1.54, 1.807) is 11.3 Å². The average molecular weight is 296 g/mol. The van der Waals surface area contributed by atoms with E-state index in [-0.39, 0.29) is 5.91 Å². The average Bonchev–Trinajstić information content (AvgIpc) is 2.86. The molecule has 0 saturated carbocycles. The van der Waals surface area contributed by atoms with Crippen LogP contribution in [0.3, 0.4) is 0 Å². The molecule has 1 saturated heterocycles. The normalized spacial score (nSPS) is 16.6. The highest BCUT2D eigenvalue weighted by atomic mass is 32.1. The zero-order valence-electron chi connectivity index (χ0n) is 12.6. The first-order chi connectivity index (χ1) is 9.58. The Hall–Kier alpha value is -0.910. The third kappa shape index (κ3) is 4.04. The largest absolute Gasteiger partial charge is 0.381 e. The van der Waals surface area contributed by atoms with Crippen LogP contribution in [0.25, 0.3) is 0 Å². The molecule has 1 fully saturated rings. The number of amides is 1. The number of rotatable bonds is 5. The number of aryl methyl sites for hydroxylation is 1. The Labute approximate surface area is 125 Å². The number of thiophene rings is 1. The quantitative estimate of drug-likeness (QED) is 0.835. The van der Waals surface area contributed by atoms with Gasteiger partial charge in [-0.1, -0.05) is 0 Å². The van der Waals surface area contributed by atoms with Crippen LogP contribution in [-0.4, -0.2) is 62.1 Å². The first kappa shape index (κ1) is 15.5. The minimum absolute atomic E-state index is 0.178. The van der Waals surface area contributed by atoms with Gasteiger partial charge in [0.2, 0.25) is 0 Å². The molecule has 1 aromatic rings.